The van der Waals surface area contributed by atoms with E-state index in [0.29, 0.717) is 5.56 Å². The summed E-state index contributed by atoms with van der Waals surface area (Å²) < 4.78 is 7.67. The highest BCUT2D eigenvalue weighted by Gasteiger charge is 2.17. The minimum absolute atomic E-state index is 0.399. The fourth-order valence-electron chi connectivity index (χ4n) is 4.00. The Labute approximate surface area is 179 Å². The highest BCUT2D eigenvalue weighted by molar-refractivity contribution is 5.95. The molecule has 0 unspecified atom stereocenters. The van der Waals surface area contributed by atoms with Crippen LogP contribution in [0, 0.1) is 6.92 Å². The van der Waals surface area contributed by atoms with E-state index in [9.17, 15) is 4.79 Å². The largest absolute Gasteiger partial charge is 0.496 e. The Kier molecular flexibility index (Phi) is 6.83. The molecule has 0 bridgehead atoms. The van der Waals surface area contributed by atoms with Crippen LogP contribution >= 0.6 is 0 Å². The van der Waals surface area contributed by atoms with Crippen molar-refractivity contribution in [2.45, 2.75) is 33.7 Å². The van der Waals surface area contributed by atoms with Crippen molar-refractivity contribution in [1.29, 1.82) is 0 Å². The SMILES string of the molecule is CCN(CC)c1ccc(-c2cc(C(N)=O)c(C)n2CCc2ccccc2OC)cc1. The van der Waals surface area contributed by atoms with Crippen LogP contribution in [0.15, 0.2) is 54.6 Å². The van der Waals surface area contributed by atoms with E-state index in [0.717, 1.165) is 54.3 Å². The zero-order valence-corrected chi connectivity index (χ0v) is 18.3. The zero-order valence-electron chi connectivity index (χ0n) is 18.3. The number of aromatic nitrogens is 1. The second-order valence-electron chi connectivity index (χ2n) is 7.33. The predicted octanol–water partition coefficient (Wildman–Crippen LogP) is 4.66. The molecular formula is C25H31N3O2. The number of hydrogen-bond acceptors (Lipinski definition) is 3. The monoisotopic (exact) mass is 405 g/mol. The zero-order chi connectivity index (χ0) is 21.7. The van der Waals surface area contributed by atoms with E-state index < -0.39 is 5.91 Å². The maximum absolute atomic E-state index is 12.0. The van der Waals surface area contributed by atoms with Crippen LogP contribution in [0.1, 0.15) is 35.5 Å². The molecule has 5 nitrogen and oxygen atoms in total. The molecule has 0 aliphatic carbocycles. The average Bonchev–Trinajstić information content (AvgIpc) is 3.10. The van der Waals surface area contributed by atoms with Crippen molar-refractivity contribution >= 4 is 11.6 Å². The Morgan fingerprint density at radius 1 is 1.07 bits per heavy atom. The lowest BCUT2D eigenvalue weighted by Crippen LogP contribution is -2.21. The van der Waals surface area contributed by atoms with Crippen LogP contribution in [0.4, 0.5) is 5.69 Å². The van der Waals surface area contributed by atoms with E-state index >= 15 is 0 Å². The molecule has 30 heavy (non-hydrogen) atoms. The number of nitrogens with two attached hydrogens (primary N) is 1. The lowest BCUT2D eigenvalue weighted by atomic mass is 10.1. The molecule has 0 aliphatic rings. The van der Waals surface area contributed by atoms with Crippen LogP contribution in [0.3, 0.4) is 0 Å². The summed E-state index contributed by atoms with van der Waals surface area (Å²) >= 11 is 0. The van der Waals surface area contributed by atoms with Gasteiger partial charge in [-0.1, -0.05) is 30.3 Å². The summed E-state index contributed by atoms with van der Waals surface area (Å²) in [4.78, 5) is 14.3. The number of aryl methyl sites for hydroxylation is 1. The van der Waals surface area contributed by atoms with Crippen molar-refractivity contribution in [2.75, 3.05) is 25.1 Å². The smallest absolute Gasteiger partial charge is 0.250 e. The van der Waals surface area contributed by atoms with Gasteiger partial charge in [0.2, 0.25) is 0 Å². The first-order valence-electron chi connectivity index (χ1n) is 10.5. The summed E-state index contributed by atoms with van der Waals surface area (Å²) in [7, 11) is 1.69. The Bertz CT molecular complexity index is 1000. The maximum atomic E-state index is 12.0. The number of hydrogen-bond donors (Lipinski definition) is 1. The van der Waals surface area contributed by atoms with E-state index in [1.165, 1.54) is 5.69 Å². The molecule has 0 saturated heterocycles. The second kappa shape index (κ2) is 9.53. The number of primary amides is 1. The number of carbonyl (C=O) groups excluding carboxylic acids is 1. The van der Waals surface area contributed by atoms with Crippen molar-refractivity contribution < 1.29 is 9.53 Å². The van der Waals surface area contributed by atoms with Gasteiger partial charge in [-0.25, -0.2) is 0 Å². The lowest BCUT2D eigenvalue weighted by molar-refractivity contribution is 0.0999. The van der Waals surface area contributed by atoms with Gasteiger partial charge in [-0.3, -0.25) is 4.79 Å². The molecule has 3 aromatic rings. The molecule has 0 spiro atoms. The third kappa shape index (κ3) is 4.35. The summed E-state index contributed by atoms with van der Waals surface area (Å²) in [5.74, 6) is 0.479. The molecule has 1 aromatic heterocycles. The molecular weight excluding hydrogens is 374 g/mol. The van der Waals surface area contributed by atoms with Crippen molar-refractivity contribution in [1.82, 2.24) is 4.57 Å². The Morgan fingerprint density at radius 3 is 2.33 bits per heavy atom. The Hall–Kier alpha value is -3.21. The van der Waals surface area contributed by atoms with Gasteiger partial charge in [-0.15, -0.1) is 0 Å². The molecule has 3 rings (SSSR count). The van der Waals surface area contributed by atoms with Gasteiger partial charge in [0.15, 0.2) is 0 Å². The fraction of sp³-hybridized carbons (Fsp3) is 0.320. The summed E-state index contributed by atoms with van der Waals surface area (Å²) in [6.45, 7) is 8.93. The number of para-hydroxylation sites is 1. The molecule has 0 fully saturated rings. The second-order valence-corrected chi connectivity index (χ2v) is 7.33. The number of nitrogens with zero attached hydrogens (tertiary/aromatic N) is 2. The van der Waals surface area contributed by atoms with E-state index in [2.05, 4.69) is 53.6 Å². The van der Waals surface area contributed by atoms with Crippen molar-refractivity contribution in [2.24, 2.45) is 5.73 Å². The van der Waals surface area contributed by atoms with Gasteiger partial charge in [0.25, 0.3) is 5.91 Å². The Morgan fingerprint density at radius 2 is 1.73 bits per heavy atom. The standard InChI is InChI=1S/C25H31N3O2/c1-5-27(6-2)21-13-11-19(12-14-21)23-17-22(25(26)29)18(3)28(23)16-15-20-9-7-8-10-24(20)30-4/h7-14,17H,5-6,15-16H2,1-4H3,(H2,26,29). The van der Waals surface area contributed by atoms with Gasteiger partial charge in [0.05, 0.1) is 12.7 Å². The van der Waals surface area contributed by atoms with E-state index in [-0.39, 0.29) is 0 Å². The summed E-state index contributed by atoms with van der Waals surface area (Å²) in [5, 5.41) is 0. The number of rotatable bonds is 9. The fourth-order valence-corrected chi connectivity index (χ4v) is 4.00. The Balaban J connectivity index is 1.96. The molecule has 0 aliphatic heterocycles. The minimum Gasteiger partial charge on any atom is -0.496 e. The van der Waals surface area contributed by atoms with Crippen molar-refractivity contribution in [3.63, 3.8) is 0 Å². The van der Waals surface area contributed by atoms with Gasteiger partial charge < -0.3 is 19.9 Å². The highest BCUT2D eigenvalue weighted by Crippen LogP contribution is 2.29. The number of benzene rings is 2. The first-order valence-corrected chi connectivity index (χ1v) is 10.5. The summed E-state index contributed by atoms with van der Waals surface area (Å²) in [5.41, 5.74) is 11.5. The van der Waals surface area contributed by atoms with Crippen LogP contribution in [-0.4, -0.2) is 30.7 Å². The maximum Gasteiger partial charge on any atom is 0.250 e. The molecule has 1 heterocycles. The van der Waals surface area contributed by atoms with Crippen LogP contribution in [0.25, 0.3) is 11.3 Å². The number of ether oxygens (including phenoxy) is 1. The molecule has 158 valence electrons. The van der Waals surface area contributed by atoms with Gasteiger partial charge in [-0.2, -0.15) is 0 Å². The normalized spacial score (nSPS) is 10.8. The number of anilines is 1. The predicted molar refractivity (Wildman–Crippen MR) is 123 cm³/mol. The minimum atomic E-state index is -0.399. The number of amides is 1. The third-order valence-corrected chi connectivity index (χ3v) is 5.72. The van der Waals surface area contributed by atoms with Gasteiger partial charge >= 0.3 is 0 Å². The molecule has 1 amide bonds. The topological polar surface area (TPSA) is 60.5 Å². The molecule has 0 atom stereocenters. The lowest BCUT2D eigenvalue weighted by Gasteiger charge is -2.21. The third-order valence-electron chi connectivity index (χ3n) is 5.72. The quantitative estimate of drug-likeness (QED) is 0.563. The molecule has 0 radical (unpaired) electrons. The molecule has 0 saturated carbocycles. The number of carbonyl (C=O) groups is 1. The summed E-state index contributed by atoms with van der Waals surface area (Å²) in [6, 6.07) is 18.5. The molecule has 2 N–H and O–H groups in total. The van der Waals surface area contributed by atoms with Gasteiger partial charge in [0, 0.05) is 36.7 Å². The van der Waals surface area contributed by atoms with Crippen LogP contribution in [0.2, 0.25) is 0 Å². The van der Waals surface area contributed by atoms with Crippen molar-refractivity contribution in [3.8, 4) is 17.0 Å². The van der Waals surface area contributed by atoms with Crippen LogP contribution in [0.5, 0.6) is 5.75 Å². The molecule has 2 aromatic carbocycles. The van der Waals surface area contributed by atoms with Gasteiger partial charge in [-0.05, 0) is 62.6 Å². The van der Waals surface area contributed by atoms with E-state index in [1.807, 2.05) is 31.2 Å². The van der Waals surface area contributed by atoms with Crippen LogP contribution in [-0.2, 0) is 13.0 Å². The first kappa shape index (κ1) is 21.5. The van der Waals surface area contributed by atoms with E-state index in [1.54, 1.807) is 7.11 Å². The van der Waals surface area contributed by atoms with E-state index in [4.69, 9.17) is 10.5 Å². The van der Waals surface area contributed by atoms with Gasteiger partial charge in [0.1, 0.15) is 5.75 Å². The summed E-state index contributed by atoms with van der Waals surface area (Å²) in [6.07, 6.45) is 0.794. The highest BCUT2D eigenvalue weighted by atomic mass is 16.5. The number of methoxy groups -OCH3 is 1. The molecule has 5 heteroatoms. The first-order chi connectivity index (χ1) is 14.5. The average molecular weight is 406 g/mol. The van der Waals surface area contributed by atoms with Crippen molar-refractivity contribution in [3.05, 3.63) is 71.4 Å². The van der Waals surface area contributed by atoms with Crippen LogP contribution < -0.4 is 15.4 Å².